The minimum Gasteiger partial charge on any atom is -0.312 e. The Bertz CT molecular complexity index is 298. The summed E-state index contributed by atoms with van der Waals surface area (Å²) in [7, 11) is 1.93. The van der Waals surface area contributed by atoms with E-state index in [1.807, 2.05) is 7.05 Å². The Morgan fingerprint density at radius 2 is 2.00 bits per heavy atom. The molecule has 1 N–H and O–H groups in total. The second kappa shape index (κ2) is 8.18. The zero-order chi connectivity index (χ0) is 12.5. The number of nitrogens with one attached hydrogen (secondary N) is 1. The van der Waals surface area contributed by atoms with Gasteiger partial charge in [-0.05, 0) is 25.6 Å². The average molecular weight is 238 g/mol. The molecular formula is C14H23FN2. The van der Waals surface area contributed by atoms with Crippen LogP contribution in [0.5, 0.6) is 0 Å². The van der Waals surface area contributed by atoms with Crippen LogP contribution in [0.3, 0.4) is 0 Å². The number of pyridine rings is 1. The van der Waals surface area contributed by atoms with Crippen LogP contribution < -0.4 is 5.32 Å². The zero-order valence-electron chi connectivity index (χ0n) is 10.9. The molecule has 1 aromatic rings. The predicted molar refractivity (Wildman–Crippen MR) is 69.4 cm³/mol. The highest BCUT2D eigenvalue weighted by Gasteiger charge is 2.09. The lowest BCUT2D eigenvalue weighted by molar-refractivity contribution is 0.489. The first-order chi connectivity index (χ1) is 8.27. The number of unbranched alkanes of at least 4 members (excludes halogenated alkanes) is 4. The summed E-state index contributed by atoms with van der Waals surface area (Å²) in [5, 5.41) is 3.24. The van der Waals surface area contributed by atoms with E-state index in [1.54, 1.807) is 6.07 Å². The van der Waals surface area contributed by atoms with E-state index in [4.69, 9.17) is 0 Å². The van der Waals surface area contributed by atoms with Gasteiger partial charge in [-0.15, -0.1) is 0 Å². The van der Waals surface area contributed by atoms with E-state index in [9.17, 15) is 4.39 Å². The van der Waals surface area contributed by atoms with Crippen LogP contribution >= 0.6 is 0 Å². The SMILES string of the molecule is CCCCCCCC(NC)c1ccc(F)cn1. The Morgan fingerprint density at radius 3 is 2.59 bits per heavy atom. The first kappa shape index (κ1) is 14.1. The van der Waals surface area contributed by atoms with Gasteiger partial charge in [0.2, 0.25) is 0 Å². The number of hydrogen-bond acceptors (Lipinski definition) is 2. The van der Waals surface area contributed by atoms with Gasteiger partial charge in [-0.1, -0.05) is 39.0 Å². The first-order valence-electron chi connectivity index (χ1n) is 6.56. The van der Waals surface area contributed by atoms with Gasteiger partial charge in [0, 0.05) is 6.04 Å². The van der Waals surface area contributed by atoms with E-state index < -0.39 is 0 Å². The molecule has 96 valence electrons. The third-order valence-electron chi connectivity index (χ3n) is 3.05. The predicted octanol–water partition coefficient (Wildman–Crippen LogP) is 3.84. The largest absolute Gasteiger partial charge is 0.312 e. The fourth-order valence-electron chi connectivity index (χ4n) is 1.99. The highest BCUT2D eigenvalue weighted by molar-refractivity contribution is 5.09. The topological polar surface area (TPSA) is 24.9 Å². The van der Waals surface area contributed by atoms with E-state index in [1.165, 1.54) is 44.4 Å². The van der Waals surface area contributed by atoms with Gasteiger partial charge in [-0.2, -0.15) is 0 Å². The van der Waals surface area contributed by atoms with Gasteiger partial charge < -0.3 is 5.32 Å². The smallest absolute Gasteiger partial charge is 0.141 e. The van der Waals surface area contributed by atoms with Crippen molar-refractivity contribution in [2.45, 2.75) is 51.5 Å². The summed E-state index contributed by atoms with van der Waals surface area (Å²) in [6, 6.07) is 3.49. The van der Waals surface area contributed by atoms with Crippen molar-refractivity contribution in [3.8, 4) is 0 Å². The fraction of sp³-hybridized carbons (Fsp3) is 0.643. The number of halogens is 1. The maximum absolute atomic E-state index is 12.8. The van der Waals surface area contributed by atoms with E-state index in [0.29, 0.717) is 0 Å². The van der Waals surface area contributed by atoms with Gasteiger partial charge in [0.25, 0.3) is 0 Å². The molecule has 1 unspecified atom stereocenters. The number of aromatic nitrogens is 1. The minimum atomic E-state index is -0.272. The molecule has 0 fully saturated rings. The van der Waals surface area contributed by atoms with Gasteiger partial charge in [-0.3, -0.25) is 4.98 Å². The molecule has 1 atom stereocenters. The third kappa shape index (κ3) is 5.26. The maximum Gasteiger partial charge on any atom is 0.141 e. The summed E-state index contributed by atoms with van der Waals surface area (Å²) in [4.78, 5) is 4.13. The Kier molecular flexibility index (Phi) is 6.78. The van der Waals surface area contributed by atoms with Crippen molar-refractivity contribution >= 4 is 0 Å². The highest BCUT2D eigenvalue weighted by atomic mass is 19.1. The highest BCUT2D eigenvalue weighted by Crippen LogP contribution is 2.18. The van der Waals surface area contributed by atoms with Crippen molar-refractivity contribution in [2.24, 2.45) is 0 Å². The molecule has 3 heteroatoms. The van der Waals surface area contributed by atoms with E-state index in [2.05, 4.69) is 17.2 Å². The van der Waals surface area contributed by atoms with Gasteiger partial charge in [0.15, 0.2) is 0 Å². The summed E-state index contributed by atoms with van der Waals surface area (Å²) >= 11 is 0. The van der Waals surface area contributed by atoms with Crippen LogP contribution in [0.25, 0.3) is 0 Å². The van der Waals surface area contributed by atoms with Crippen LogP contribution in [0.2, 0.25) is 0 Å². The molecule has 0 saturated carbocycles. The van der Waals surface area contributed by atoms with Gasteiger partial charge >= 0.3 is 0 Å². The third-order valence-corrected chi connectivity index (χ3v) is 3.05. The van der Waals surface area contributed by atoms with Crippen LogP contribution in [-0.4, -0.2) is 12.0 Å². The summed E-state index contributed by atoms with van der Waals surface area (Å²) in [5.41, 5.74) is 0.935. The Labute approximate surface area is 104 Å². The molecular weight excluding hydrogens is 215 g/mol. The fourth-order valence-corrected chi connectivity index (χ4v) is 1.99. The summed E-state index contributed by atoms with van der Waals surface area (Å²) in [5.74, 6) is -0.272. The molecule has 0 aliphatic heterocycles. The van der Waals surface area contributed by atoms with Gasteiger partial charge in [-0.25, -0.2) is 4.39 Å². The molecule has 0 saturated heterocycles. The van der Waals surface area contributed by atoms with Gasteiger partial charge in [0.05, 0.1) is 11.9 Å². The molecule has 17 heavy (non-hydrogen) atoms. The van der Waals surface area contributed by atoms with Crippen molar-refractivity contribution in [3.63, 3.8) is 0 Å². The molecule has 0 radical (unpaired) electrons. The van der Waals surface area contributed by atoms with Crippen LogP contribution in [0.15, 0.2) is 18.3 Å². The monoisotopic (exact) mass is 238 g/mol. The molecule has 0 amide bonds. The van der Waals surface area contributed by atoms with Crippen LogP contribution in [-0.2, 0) is 0 Å². The first-order valence-corrected chi connectivity index (χ1v) is 6.56. The van der Waals surface area contributed by atoms with Crippen LogP contribution in [0.4, 0.5) is 4.39 Å². The van der Waals surface area contributed by atoms with Crippen molar-refractivity contribution in [1.29, 1.82) is 0 Å². The second-order valence-electron chi connectivity index (χ2n) is 4.45. The molecule has 1 aromatic heterocycles. The summed E-state index contributed by atoms with van der Waals surface area (Å²) in [6.07, 6.45) is 8.73. The molecule has 0 spiro atoms. The van der Waals surface area contributed by atoms with Crippen LogP contribution in [0, 0.1) is 5.82 Å². The minimum absolute atomic E-state index is 0.247. The van der Waals surface area contributed by atoms with E-state index in [0.717, 1.165) is 12.1 Å². The summed E-state index contributed by atoms with van der Waals surface area (Å²) < 4.78 is 12.8. The molecule has 0 aliphatic carbocycles. The van der Waals surface area contributed by atoms with E-state index in [-0.39, 0.29) is 11.9 Å². The molecule has 2 nitrogen and oxygen atoms in total. The average Bonchev–Trinajstić information content (AvgIpc) is 2.35. The standard InChI is InChI=1S/C14H23FN2/c1-3-4-5-6-7-8-13(16-2)14-10-9-12(15)11-17-14/h9-11,13,16H,3-8H2,1-2H3. The van der Waals surface area contributed by atoms with Crippen molar-refractivity contribution in [2.75, 3.05) is 7.05 Å². The Hall–Kier alpha value is -0.960. The maximum atomic E-state index is 12.8. The van der Waals surface area contributed by atoms with Gasteiger partial charge in [0.1, 0.15) is 5.82 Å². The van der Waals surface area contributed by atoms with Crippen molar-refractivity contribution in [1.82, 2.24) is 10.3 Å². The normalized spacial score (nSPS) is 12.6. The molecule has 0 aromatic carbocycles. The Balaban J connectivity index is 2.35. The molecule has 0 aliphatic rings. The summed E-state index contributed by atoms with van der Waals surface area (Å²) in [6.45, 7) is 2.22. The Morgan fingerprint density at radius 1 is 1.24 bits per heavy atom. The number of rotatable bonds is 8. The number of nitrogens with zero attached hydrogens (tertiary/aromatic N) is 1. The van der Waals surface area contributed by atoms with Crippen molar-refractivity contribution in [3.05, 3.63) is 29.8 Å². The van der Waals surface area contributed by atoms with Crippen LogP contribution in [0.1, 0.15) is 57.2 Å². The lowest BCUT2D eigenvalue weighted by atomic mass is 10.0. The van der Waals surface area contributed by atoms with E-state index >= 15 is 0 Å². The number of hydrogen-bond donors (Lipinski definition) is 1. The molecule has 1 rings (SSSR count). The lowest BCUT2D eigenvalue weighted by Gasteiger charge is -2.15. The lowest BCUT2D eigenvalue weighted by Crippen LogP contribution is -2.17. The quantitative estimate of drug-likeness (QED) is 0.696. The molecule has 0 bridgehead atoms. The van der Waals surface area contributed by atoms with Crippen molar-refractivity contribution < 1.29 is 4.39 Å². The zero-order valence-corrected chi connectivity index (χ0v) is 10.9. The molecule has 1 heterocycles. The second-order valence-corrected chi connectivity index (χ2v) is 4.45.